The van der Waals surface area contributed by atoms with Gasteiger partial charge < -0.3 is 14.8 Å². The van der Waals surface area contributed by atoms with E-state index in [4.69, 9.17) is 9.47 Å². The Morgan fingerprint density at radius 3 is 2.51 bits per heavy atom. The highest BCUT2D eigenvalue weighted by atomic mass is 32.1. The first-order valence-electron chi connectivity index (χ1n) is 12.3. The van der Waals surface area contributed by atoms with Crippen LogP contribution in [0.3, 0.4) is 0 Å². The van der Waals surface area contributed by atoms with Crippen molar-refractivity contribution in [3.05, 3.63) is 61.3 Å². The number of anilines is 1. The van der Waals surface area contributed by atoms with E-state index in [1.165, 1.54) is 6.42 Å². The summed E-state index contributed by atoms with van der Waals surface area (Å²) in [5, 5.41) is 7.54. The molecule has 0 radical (unpaired) electrons. The molecule has 2 aromatic heterocycles. The molecule has 5 rings (SSSR count). The molecule has 9 heteroatoms. The number of thiol groups is 1. The van der Waals surface area contributed by atoms with Crippen LogP contribution in [0.1, 0.15) is 47.1 Å². The minimum absolute atomic E-state index is 0. The Kier molecular flexibility index (Phi) is 14.0. The first kappa shape index (κ1) is 32.1. The lowest BCUT2D eigenvalue weighted by molar-refractivity contribution is -0.116. The van der Waals surface area contributed by atoms with Crippen molar-refractivity contribution >= 4 is 30.1 Å². The van der Waals surface area contributed by atoms with Crippen molar-refractivity contribution in [1.29, 1.82) is 0 Å². The van der Waals surface area contributed by atoms with Gasteiger partial charge in [0.05, 0.1) is 19.4 Å². The average molecular weight is 530 g/mol. The molecule has 4 heterocycles. The number of ether oxygens (including phenoxy) is 2. The van der Waals surface area contributed by atoms with E-state index in [0.717, 1.165) is 49.9 Å². The Bertz CT molecular complexity index is 1100. The maximum Gasteiger partial charge on any atom is 0.237 e. The van der Waals surface area contributed by atoms with Crippen LogP contribution in [0.4, 0.5) is 5.82 Å². The molecule has 0 saturated carbocycles. The number of hydrogen-bond donors (Lipinski definition) is 2. The number of nitrogens with one attached hydrogen (secondary N) is 1. The van der Waals surface area contributed by atoms with Crippen molar-refractivity contribution in [2.24, 2.45) is 5.41 Å². The third kappa shape index (κ3) is 9.50. The zero-order chi connectivity index (χ0) is 26.6. The number of nitrogens with zero attached hydrogens (tertiary/aromatic N) is 4. The van der Waals surface area contributed by atoms with Gasteiger partial charge in [-0.15, -0.1) is 18.3 Å². The molecule has 2 aliphatic heterocycles. The van der Waals surface area contributed by atoms with E-state index in [1.54, 1.807) is 17.5 Å². The molecule has 204 valence electrons. The summed E-state index contributed by atoms with van der Waals surface area (Å²) in [5.74, 6) is 2.03. The van der Waals surface area contributed by atoms with Gasteiger partial charge >= 0.3 is 0 Å². The fraction of sp³-hybridized carbons (Fsp3) is 0.464. The van der Waals surface area contributed by atoms with E-state index in [2.05, 4.69) is 45.7 Å². The Morgan fingerprint density at radius 2 is 1.97 bits per heavy atom. The molecular weight excluding hydrogens is 486 g/mol. The molecule has 1 spiro atoms. The summed E-state index contributed by atoms with van der Waals surface area (Å²) >= 11 is 4.27. The minimum Gasteiger partial charge on any atom is -0.438 e. The van der Waals surface area contributed by atoms with Gasteiger partial charge in [0.1, 0.15) is 17.4 Å². The summed E-state index contributed by atoms with van der Waals surface area (Å²) in [6.45, 7) is 18.6. The molecule has 0 aliphatic carbocycles. The van der Waals surface area contributed by atoms with Crippen LogP contribution in [0.2, 0.25) is 0 Å². The molecule has 2 aliphatic rings. The summed E-state index contributed by atoms with van der Waals surface area (Å²) in [4.78, 5) is 15.6. The zero-order valence-corrected chi connectivity index (χ0v) is 22.8. The number of benzene rings is 1. The Morgan fingerprint density at radius 1 is 1.24 bits per heavy atom. The standard InChI is InChI=1S/C17H18N4O2.C6H11NOS.C2H6.C2H4.CH4/c1-3-18-15-11-21-16(19-15)7-8-17(20-21)23-14-6-4-5-13(10-14)9-12(2)22;9-7-2-1-6(3-7)4-8-5-6;2*1-2;/h4-8,10-11,18H,3,9H2,1-2H3;9H,1-5H2;1-2H3;1-2H2;1H4. The molecule has 3 aromatic rings. The van der Waals surface area contributed by atoms with Crippen molar-refractivity contribution in [1.82, 2.24) is 18.9 Å². The number of hydrogen-bond acceptors (Lipinski definition) is 8. The van der Waals surface area contributed by atoms with Crippen LogP contribution in [0, 0.1) is 5.41 Å². The molecule has 2 fully saturated rings. The lowest BCUT2D eigenvalue weighted by Crippen LogP contribution is -2.43. The fourth-order valence-electron chi connectivity index (χ4n) is 3.85. The van der Waals surface area contributed by atoms with Crippen LogP contribution in [0.15, 0.2) is 55.8 Å². The number of fused-ring (bicyclic) bond motifs is 1. The second-order valence-corrected chi connectivity index (χ2v) is 8.96. The SMILES string of the molecule is C.C=C.CC.CCNc1cn2nc(Oc3cccc(CC(C)=O)c3)ccc2n1.SN1CCC2(COC2)C1. The molecule has 8 nitrogen and oxygen atoms in total. The van der Waals surface area contributed by atoms with Crippen LogP contribution >= 0.6 is 12.8 Å². The van der Waals surface area contributed by atoms with Crippen molar-refractivity contribution < 1.29 is 14.3 Å². The zero-order valence-electron chi connectivity index (χ0n) is 21.9. The van der Waals surface area contributed by atoms with Gasteiger partial charge in [0.2, 0.25) is 5.88 Å². The normalized spacial score (nSPS) is 14.9. The molecule has 37 heavy (non-hydrogen) atoms. The first-order chi connectivity index (χ1) is 17.4. The second kappa shape index (κ2) is 16.1. The van der Waals surface area contributed by atoms with Crippen molar-refractivity contribution in [2.45, 2.75) is 48.0 Å². The van der Waals surface area contributed by atoms with Gasteiger partial charge in [0.15, 0.2) is 5.65 Å². The van der Waals surface area contributed by atoms with Crippen LogP contribution in [-0.2, 0) is 16.0 Å². The third-order valence-corrected chi connectivity index (χ3v) is 5.80. The monoisotopic (exact) mass is 529 g/mol. The highest BCUT2D eigenvalue weighted by Gasteiger charge is 2.43. The summed E-state index contributed by atoms with van der Waals surface area (Å²) in [7, 11) is 0. The van der Waals surface area contributed by atoms with E-state index < -0.39 is 0 Å². The summed E-state index contributed by atoms with van der Waals surface area (Å²) < 4.78 is 14.7. The Labute approximate surface area is 227 Å². The predicted octanol–water partition coefficient (Wildman–Crippen LogP) is 6.10. The number of carbonyl (C=O) groups excluding carboxylic acids is 1. The molecular formula is C28H43N5O3S. The van der Waals surface area contributed by atoms with Gasteiger partial charge in [-0.1, -0.05) is 46.2 Å². The molecule has 1 aromatic carbocycles. The second-order valence-electron chi connectivity index (χ2n) is 8.39. The van der Waals surface area contributed by atoms with E-state index in [1.807, 2.05) is 57.3 Å². The number of aromatic nitrogens is 3. The molecule has 1 N–H and O–H groups in total. The first-order valence-corrected chi connectivity index (χ1v) is 12.7. The quantitative estimate of drug-likeness (QED) is 0.295. The number of imidazole rings is 1. The lowest BCUT2D eigenvalue weighted by Gasteiger charge is -2.37. The largest absolute Gasteiger partial charge is 0.438 e. The molecule has 0 atom stereocenters. The molecule has 2 saturated heterocycles. The van der Waals surface area contributed by atoms with Crippen LogP contribution < -0.4 is 10.1 Å². The third-order valence-electron chi connectivity index (χ3n) is 5.46. The summed E-state index contributed by atoms with van der Waals surface area (Å²) in [5.41, 5.74) is 2.19. The number of carbonyl (C=O) groups is 1. The predicted molar refractivity (Wildman–Crippen MR) is 156 cm³/mol. The highest BCUT2D eigenvalue weighted by molar-refractivity contribution is 7.77. The topological polar surface area (TPSA) is 81.0 Å². The lowest BCUT2D eigenvalue weighted by atomic mass is 9.86. The molecule has 0 amide bonds. The van der Waals surface area contributed by atoms with Crippen LogP contribution in [0.5, 0.6) is 11.6 Å². The van der Waals surface area contributed by atoms with Gasteiger partial charge in [-0.25, -0.2) is 9.50 Å². The summed E-state index contributed by atoms with van der Waals surface area (Å²) in [6.07, 6.45) is 3.49. The Balaban J connectivity index is 0.000000407. The van der Waals surface area contributed by atoms with E-state index in [-0.39, 0.29) is 13.2 Å². The van der Waals surface area contributed by atoms with Crippen molar-refractivity contribution in [2.75, 3.05) is 38.2 Å². The van der Waals surface area contributed by atoms with Crippen molar-refractivity contribution in [3.8, 4) is 11.6 Å². The van der Waals surface area contributed by atoms with Crippen LogP contribution in [0.25, 0.3) is 5.65 Å². The fourth-order valence-corrected chi connectivity index (χ4v) is 4.25. The molecule has 0 bridgehead atoms. The number of ketones is 1. The maximum absolute atomic E-state index is 11.2. The minimum atomic E-state index is 0. The van der Waals surface area contributed by atoms with E-state index in [9.17, 15) is 4.79 Å². The number of rotatable bonds is 6. The van der Waals surface area contributed by atoms with Crippen LogP contribution in [-0.4, -0.2) is 57.5 Å². The maximum atomic E-state index is 11.2. The summed E-state index contributed by atoms with van der Waals surface area (Å²) in [6, 6.07) is 11.1. The van der Waals surface area contributed by atoms with Gasteiger partial charge in [-0.3, -0.25) is 9.10 Å². The van der Waals surface area contributed by atoms with Gasteiger partial charge in [0.25, 0.3) is 0 Å². The smallest absolute Gasteiger partial charge is 0.237 e. The molecule has 0 unspecified atom stereocenters. The van der Waals surface area contributed by atoms with Gasteiger partial charge in [-0.2, -0.15) is 0 Å². The highest BCUT2D eigenvalue weighted by Crippen LogP contribution is 2.37. The van der Waals surface area contributed by atoms with Gasteiger partial charge in [0, 0.05) is 37.5 Å². The van der Waals surface area contributed by atoms with E-state index >= 15 is 0 Å². The van der Waals surface area contributed by atoms with Gasteiger partial charge in [-0.05, 0) is 44.0 Å². The number of Topliss-reactive ketones (excluding diaryl/α,β-unsaturated/α-hetero) is 1. The van der Waals surface area contributed by atoms with E-state index in [0.29, 0.717) is 23.5 Å². The average Bonchev–Trinajstić information content (AvgIpc) is 3.45. The van der Waals surface area contributed by atoms with Crippen molar-refractivity contribution in [3.63, 3.8) is 0 Å². The Hall–Kier alpha value is -2.88.